The van der Waals surface area contributed by atoms with Crippen LogP contribution in [0, 0.1) is 0 Å². The Labute approximate surface area is 99.0 Å². The maximum Gasteiger partial charge on any atom is 1.00 e. The molecule has 1 aromatic rings. The summed E-state index contributed by atoms with van der Waals surface area (Å²) in [7, 11) is 0. The molecule has 1 aliphatic rings. The van der Waals surface area contributed by atoms with Gasteiger partial charge in [0.15, 0.2) is 0 Å². The van der Waals surface area contributed by atoms with E-state index in [0.717, 1.165) is 18.7 Å². The van der Waals surface area contributed by atoms with E-state index in [1.165, 1.54) is 0 Å². The van der Waals surface area contributed by atoms with Crippen molar-refractivity contribution in [1.29, 1.82) is 0 Å². The molecule has 0 N–H and O–H groups in total. The molecular formula is C9H10NNaO2. The molecule has 0 radical (unpaired) electrons. The minimum atomic E-state index is -0.949. The second-order valence-electron chi connectivity index (χ2n) is 3.14. The van der Waals surface area contributed by atoms with Gasteiger partial charge < -0.3 is 14.5 Å². The molecule has 0 saturated heterocycles. The maximum absolute atomic E-state index is 10.7. The smallest absolute Gasteiger partial charge is 0.549 e. The number of carboxylic acid groups (broad SMARTS) is 1. The first kappa shape index (κ1) is 10.8. The van der Waals surface area contributed by atoms with Crippen LogP contribution in [0.25, 0.3) is 0 Å². The van der Waals surface area contributed by atoms with Crippen LogP contribution >= 0.6 is 0 Å². The van der Waals surface area contributed by atoms with E-state index in [0.29, 0.717) is 6.42 Å². The molecule has 0 spiro atoms. The van der Waals surface area contributed by atoms with Crippen molar-refractivity contribution in [1.82, 2.24) is 4.57 Å². The summed E-state index contributed by atoms with van der Waals surface area (Å²) in [4.78, 5) is 10.7. The van der Waals surface area contributed by atoms with Crippen LogP contribution in [-0.4, -0.2) is 10.5 Å². The Hall–Kier alpha value is -0.250. The summed E-state index contributed by atoms with van der Waals surface area (Å²) >= 11 is 0. The SMILES string of the molecule is O=C([O-])C1CCCn2cccc21.[Na+]. The minimum absolute atomic E-state index is 0. The molecule has 13 heavy (non-hydrogen) atoms. The number of carbonyl (C=O) groups excluding carboxylic acids is 1. The summed E-state index contributed by atoms with van der Waals surface area (Å²) in [6.07, 6.45) is 3.57. The van der Waals surface area contributed by atoms with Crippen LogP contribution in [0.3, 0.4) is 0 Å². The summed E-state index contributed by atoms with van der Waals surface area (Å²) in [6.45, 7) is 0.937. The van der Waals surface area contributed by atoms with Crippen LogP contribution in [0.1, 0.15) is 24.5 Å². The van der Waals surface area contributed by atoms with E-state index in [1.807, 2.05) is 22.9 Å². The van der Waals surface area contributed by atoms with Crippen molar-refractivity contribution in [2.75, 3.05) is 0 Å². The first-order valence-corrected chi connectivity index (χ1v) is 4.15. The summed E-state index contributed by atoms with van der Waals surface area (Å²) in [5, 5.41) is 10.7. The van der Waals surface area contributed by atoms with Crippen molar-refractivity contribution < 1.29 is 39.5 Å². The van der Waals surface area contributed by atoms with E-state index < -0.39 is 11.9 Å². The number of hydrogen-bond acceptors (Lipinski definition) is 2. The molecule has 0 amide bonds. The van der Waals surface area contributed by atoms with Crippen LogP contribution < -0.4 is 34.7 Å². The van der Waals surface area contributed by atoms with Gasteiger partial charge in [-0.3, -0.25) is 0 Å². The van der Waals surface area contributed by atoms with E-state index in [1.54, 1.807) is 0 Å². The molecule has 2 rings (SSSR count). The van der Waals surface area contributed by atoms with Crippen molar-refractivity contribution in [2.24, 2.45) is 0 Å². The number of nitrogens with zero attached hydrogens (tertiary/aromatic N) is 1. The number of carboxylic acids is 1. The van der Waals surface area contributed by atoms with Gasteiger partial charge in [-0.15, -0.1) is 0 Å². The molecule has 64 valence electrons. The van der Waals surface area contributed by atoms with Gasteiger partial charge in [-0.25, -0.2) is 0 Å². The monoisotopic (exact) mass is 187 g/mol. The van der Waals surface area contributed by atoms with Crippen LogP contribution in [0.15, 0.2) is 18.3 Å². The van der Waals surface area contributed by atoms with Gasteiger partial charge in [0.05, 0.1) is 5.97 Å². The molecule has 1 aromatic heterocycles. The topological polar surface area (TPSA) is 45.1 Å². The van der Waals surface area contributed by atoms with Gasteiger partial charge in [-0.2, -0.15) is 0 Å². The molecule has 1 unspecified atom stereocenters. The molecule has 0 fully saturated rings. The van der Waals surface area contributed by atoms with Crippen molar-refractivity contribution in [3.05, 3.63) is 24.0 Å². The third-order valence-electron chi connectivity index (χ3n) is 2.40. The predicted octanol–water partition coefficient (Wildman–Crippen LogP) is -2.88. The number of fused-ring (bicyclic) bond motifs is 1. The largest absolute Gasteiger partial charge is 1.00 e. The fraction of sp³-hybridized carbons (Fsp3) is 0.444. The fourth-order valence-electron chi connectivity index (χ4n) is 1.80. The molecular weight excluding hydrogens is 177 g/mol. The second kappa shape index (κ2) is 4.31. The first-order valence-electron chi connectivity index (χ1n) is 4.15. The third-order valence-corrected chi connectivity index (χ3v) is 2.40. The zero-order valence-electron chi connectivity index (χ0n) is 7.69. The Balaban J connectivity index is 0.000000845. The Morgan fingerprint density at radius 3 is 3.08 bits per heavy atom. The Morgan fingerprint density at radius 2 is 2.38 bits per heavy atom. The van der Waals surface area contributed by atoms with Gasteiger partial charge in [0, 0.05) is 24.4 Å². The Kier molecular flexibility index (Phi) is 3.59. The molecule has 1 atom stereocenters. The van der Waals surface area contributed by atoms with E-state index in [2.05, 4.69) is 0 Å². The van der Waals surface area contributed by atoms with E-state index in [9.17, 15) is 9.90 Å². The molecule has 2 heterocycles. The fourth-order valence-corrected chi connectivity index (χ4v) is 1.80. The second-order valence-corrected chi connectivity index (χ2v) is 3.14. The van der Waals surface area contributed by atoms with Crippen molar-refractivity contribution in [3.63, 3.8) is 0 Å². The number of aryl methyl sites for hydroxylation is 1. The maximum atomic E-state index is 10.7. The van der Waals surface area contributed by atoms with Crippen molar-refractivity contribution in [3.8, 4) is 0 Å². The number of aliphatic carboxylic acids is 1. The summed E-state index contributed by atoms with van der Waals surface area (Å²) in [6, 6.07) is 3.75. The average molecular weight is 187 g/mol. The Bertz CT molecular complexity index is 308. The molecule has 0 aliphatic carbocycles. The molecule has 0 saturated carbocycles. The molecule has 1 aliphatic heterocycles. The first-order chi connectivity index (χ1) is 5.79. The summed E-state index contributed by atoms with van der Waals surface area (Å²) < 4.78 is 1.99. The van der Waals surface area contributed by atoms with E-state index in [4.69, 9.17) is 0 Å². The molecule has 0 bridgehead atoms. The third kappa shape index (κ3) is 1.98. The summed E-state index contributed by atoms with van der Waals surface area (Å²) in [5.74, 6) is -1.34. The molecule has 4 heteroatoms. The number of hydrogen-bond donors (Lipinski definition) is 0. The van der Waals surface area contributed by atoms with Crippen LogP contribution in [0.2, 0.25) is 0 Å². The van der Waals surface area contributed by atoms with Crippen molar-refractivity contribution in [2.45, 2.75) is 25.3 Å². The number of aromatic nitrogens is 1. The quantitative estimate of drug-likeness (QED) is 0.443. The zero-order chi connectivity index (χ0) is 8.55. The van der Waals surface area contributed by atoms with Gasteiger partial charge in [-0.1, -0.05) is 0 Å². The van der Waals surface area contributed by atoms with Crippen LogP contribution in [0.5, 0.6) is 0 Å². The minimum Gasteiger partial charge on any atom is -0.549 e. The van der Waals surface area contributed by atoms with Gasteiger partial charge in [0.2, 0.25) is 0 Å². The number of rotatable bonds is 1. The van der Waals surface area contributed by atoms with Crippen LogP contribution in [0.4, 0.5) is 0 Å². The van der Waals surface area contributed by atoms with Gasteiger partial charge in [0.1, 0.15) is 0 Å². The van der Waals surface area contributed by atoms with Gasteiger partial charge in [-0.05, 0) is 25.0 Å². The normalized spacial score (nSPS) is 20.2. The Morgan fingerprint density at radius 1 is 1.62 bits per heavy atom. The number of carbonyl (C=O) groups is 1. The standard InChI is InChI=1S/C9H11NO2.Na/c11-9(12)7-3-1-5-10-6-2-4-8(7)10;/h2,4,6-7H,1,3,5H2,(H,11,12);/q;+1/p-1. The van der Waals surface area contributed by atoms with E-state index in [-0.39, 0.29) is 29.6 Å². The zero-order valence-corrected chi connectivity index (χ0v) is 9.69. The molecule has 0 aromatic carbocycles. The van der Waals surface area contributed by atoms with E-state index >= 15 is 0 Å². The summed E-state index contributed by atoms with van der Waals surface area (Å²) in [5.41, 5.74) is 0.890. The van der Waals surface area contributed by atoms with Gasteiger partial charge in [0.25, 0.3) is 0 Å². The predicted molar refractivity (Wildman–Crippen MR) is 41.4 cm³/mol. The average Bonchev–Trinajstić information content (AvgIpc) is 2.49. The van der Waals surface area contributed by atoms with Crippen LogP contribution in [-0.2, 0) is 11.3 Å². The van der Waals surface area contributed by atoms with Gasteiger partial charge >= 0.3 is 29.6 Å². The van der Waals surface area contributed by atoms with Crippen molar-refractivity contribution >= 4 is 5.97 Å². The molecule has 3 nitrogen and oxygen atoms in total.